The number of hydrogen-bond donors (Lipinski definition) is 1. The van der Waals surface area contributed by atoms with Crippen LogP contribution in [0.1, 0.15) is 15.9 Å². The number of hydrogen-bond acceptors (Lipinski definition) is 5. The van der Waals surface area contributed by atoms with Gasteiger partial charge in [-0.2, -0.15) is 4.39 Å². The molecule has 0 fully saturated rings. The van der Waals surface area contributed by atoms with Crippen molar-refractivity contribution in [2.24, 2.45) is 0 Å². The van der Waals surface area contributed by atoms with Crippen LogP contribution in [0, 0.1) is 18.6 Å². The van der Waals surface area contributed by atoms with E-state index in [0.29, 0.717) is 21.9 Å². The van der Waals surface area contributed by atoms with Crippen molar-refractivity contribution in [3.05, 3.63) is 68.9 Å². The predicted molar refractivity (Wildman–Crippen MR) is 138 cm³/mol. The van der Waals surface area contributed by atoms with Crippen molar-refractivity contribution in [2.45, 2.75) is 18.6 Å². The maximum atomic E-state index is 15.1. The summed E-state index contributed by atoms with van der Waals surface area (Å²) in [6.07, 6.45) is -3.71. The maximum Gasteiger partial charge on any atom is 0.573 e. The number of carbonyl (C=O) groups is 1. The van der Waals surface area contributed by atoms with Crippen LogP contribution in [-0.4, -0.2) is 46.1 Å². The molecule has 37 heavy (non-hydrogen) atoms. The second-order valence-electron chi connectivity index (χ2n) is 8.58. The van der Waals surface area contributed by atoms with Crippen LogP contribution in [0.3, 0.4) is 0 Å². The van der Waals surface area contributed by atoms with Gasteiger partial charge < -0.3 is 19.5 Å². The molecule has 1 heterocycles. The van der Waals surface area contributed by atoms with E-state index in [1.54, 1.807) is 6.92 Å². The van der Waals surface area contributed by atoms with Crippen molar-refractivity contribution in [3.8, 4) is 23.0 Å². The van der Waals surface area contributed by atoms with E-state index in [2.05, 4.69) is 31.0 Å². The standard InChI is InChI=1S/C21H16B3BrClF5N2O4/c1-8-7-32-14(25)6-10(8)33-19(34)15-11(3-2-9(26)16(15)27)35-13-5-4-12(36-21(29,30)31)17(28)18(13)37-20(22,23)24/h2-7H,22-24H2,1H3,(H,32,33,34). The third-order valence-corrected chi connectivity index (χ3v) is 5.21. The summed E-state index contributed by atoms with van der Waals surface area (Å²) in [4.78, 5) is 17.1. The Hall–Kier alpha value is -2.93. The number of carbonyl (C=O) groups excluding carboxylic acids is 1. The number of rotatable bonds is 7. The Balaban J connectivity index is 2.08. The molecule has 0 spiro atoms. The second-order valence-corrected chi connectivity index (χ2v) is 9.80. The van der Waals surface area contributed by atoms with Crippen LogP contribution in [0.15, 0.2) is 41.1 Å². The fraction of sp³-hybridized carbons (Fsp3) is 0.143. The smallest absolute Gasteiger partial charge is 0.508 e. The SMILES string of the molecule is BC(B)(B)Oc1c(Oc2ccc(Cl)c(F)c2C(=O)Nc2cc(Br)ncc2C)ccc(OC(F)(F)F)c1F. The zero-order valence-electron chi connectivity index (χ0n) is 19.7. The molecule has 0 bridgehead atoms. The normalized spacial score (nSPS) is 11.7. The summed E-state index contributed by atoms with van der Waals surface area (Å²) in [5.74, 6) is -6.39. The van der Waals surface area contributed by atoms with Gasteiger partial charge in [0, 0.05) is 17.2 Å². The van der Waals surface area contributed by atoms with E-state index in [4.69, 9.17) is 21.1 Å². The lowest BCUT2D eigenvalue weighted by atomic mass is 9.52. The zero-order valence-corrected chi connectivity index (χ0v) is 22.0. The van der Waals surface area contributed by atoms with Gasteiger partial charge >= 0.3 is 6.36 Å². The molecule has 2 aromatic carbocycles. The first kappa shape index (κ1) is 28.6. The summed E-state index contributed by atoms with van der Waals surface area (Å²) in [7, 11) is 4.55. The molecule has 0 aliphatic rings. The van der Waals surface area contributed by atoms with Gasteiger partial charge in [0.1, 0.15) is 39.5 Å². The zero-order chi connectivity index (χ0) is 27.7. The van der Waals surface area contributed by atoms with E-state index in [-0.39, 0.29) is 0 Å². The topological polar surface area (TPSA) is 69.7 Å². The van der Waals surface area contributed by atoms with E-state index >= 15 is 8.78 Å². The van der Waals surface area contributed by atoms with Gasteiger partial charge in [-0.25, -0.2) is 9.37 Å². The summed E-state index contributed by atoms with van der Waals surface area (Å²) in [6, 6.07) is 5.33. The molecule has 1 aromatic heterocycles. The average Bonchev–Trinajstić information content (AvgIpc) is 2.76. The molecule has 1 amide bonds. The van der Waals surface area contributed by atoms with Crippen molar-refractivity contribution in [2.75, 3.05) is 5.32 Å². The van der Waals surface area contributed by atoms with Crippen LogP contribution < -0.4 is 19.5 Å². The number of aryl methyl sites for hydroxylation is 1. The van der Waals surface area contributed by atoms with E-state index in [1.807, 2.05) is 0 Å². The first-order valence-corrected chi connectivity index (χ1v) is 11.6. The molecule has 3 aromatic rings. The Morgan fingerprint density at radius 2 is 1.65 bits per heavy atom. The van der Waals surface area contributed by atoms with Gasteiger partial charge in [0.15, 0.2) is 23.1 Å². The minimum Gasteiger partial charge on any atom is -0.508 e. The Bertz CT molecular complexity index is 1360. The third kappa shape index (κ3) is 7.32. The molecular weight excluding hydrogens is 587 g/mol. The van der Waals surface area contributed by atoms with E-state index in [0.717, 1.165) is 18.2 Å². The molecule has 0 saturated heterocycles. The van der Waals surface area contributed by atoms with Crippen LogP contribution in [0.25, 0.3) is 0 Å². The van der Waals surface area contributed by atoms with Crippen molar-refractivity contribution in [1.29, 1.82) is 0 Å². The Labute approximate surface area is 224 Å². The van der Waals surface area contributed by atoms with Gasteiger partial charge in [-0.05, 0) is 58.7 Å². The van der Waals surface area contributed by atoms with Gasteiger partial charge in [-0.3, -0.25) is 4.79 Å². The van der Waals surface area contributed by atoms with Crippen molar-refractivity contribution < 1.29 is 41.0 Å². The molecule has 0 saturated carbocycles. The Morgan fingerprint density at radius 3 is 2.27 bits per heavy atom. The number of amides is 1. The number of aromatic nitrogens is 1. The lowest BCUT2D eigenvalue weighted by Crippen LogP contribution is -2.38. The maximum absolute atomic E-state index is 15.1. The van der Waals surface area contributed by atoms with E-state index in [1.165, 1.54) is 35.8 Å². The quantitative estimate of drug-likeness (QED) is 0.252. The third-order valence-electron chi connectivity index (χ3n) is 4.48. The highest BCUT2D eigenvalue weighted by Gasteiger charge is 2.34. The van der Waals surface area contributed by atoms with Crippen molar-refractivity contribution in [1.82, 2.24) is 4.98 Å². The summed E-state index contributed by atoms with van der Waals surface area (Å²) >= 11 is 9.06. The summed E-state index contributed by atoms with van der Waals surface area (Å²) in [5.41, 5.74) is 0.218. The Morgan fingerprint density at radius 1 is 1.03 bits per heavy atom. The van der Waals surface area contributed by atoms with Gasteiger partial charge in [0.25, 0.3) is 5.91 Å². The molecule has 0 unspecified atom stereocenters. The van der Waals surface area contributed by atoms with Crippen LogP contribution in [0.4, 0.5) is 27.6 Å². The number of nitrogens with zero attached hydrogens (tertiary/aromatic N) is 1. The molecule has 1 N–H and O–H groups in total. The molecule has 16 heteroatoms. The molecule has 3 rings (SSSR count). The fourth-order valence-electron chi connectivity index (χ4n) is 2.97. The highest BCUT2D eigenvalue weighted by Crippen LogP contribution is 2.42. The minimum atomic E-state index is -5.17. The van der Waals surface area contributed by atoms with Crippen LogP contribution >= 0.6 is 27.5 Å². The largest absolute Gasteiger partial charge is 0.573 e. The molecule has 0 aliphatic carbocycles. The second kappa shape index (κ2) is 10.8. The van der Waals surface area contributed by atoms with E-state index < -0.39 is 62.8 Å². The van der Waals surface area contributed by atoms with Crippen LogP contribution in [0.2, 0.25) is 5.02 Å². The molecule has 192 valence electrons. The summed E-state index contributed by atoms with van der Waals surface area (Å²) in [6.45, 7) is 1.66. The number of nitrogens with one attached hydrogen (secondary N) is 1. The van der Waals surface area contributed by atoms with Crippen molar-refractivity contribution in [3.63, 3.8) is 0 Å². The number of alkyl halides is 3. The van der Waals surface area contributed by atoms with Crippen LogP contribution in [-0.2, 0) is 0 Å². The van der Waals surface area contributed by atoms with Gasteiger partial charge in [0.05, 0.1) is 5.02 Å². The van der Waals surface area contributed by atoms with Crippen LogP contribution in [0.5, 0.6) is 23.0 Å². The van der Waals surface area contributed by atoms with Gasteiger partial charge in [-0.1, -0.05) is 11.6 Å². The van der Waals surface area contributed by atoms with Gasteiger partial charge in [-0.15, -0.1) is 13.2 Å². The lowest BCUT2D eigenvalue weighted by Gasteiger charge is -2.25. The highest BCUT2D eigenvalue weighted by molar-refractivity contribution is 9.10. The number of pyridine rings is 1. The van der Waals surface area contributed by atoms with Gasteiger partial charge in [0.2, 0.25) is 5.82 Å². The number of benzene rings is 2. The van der Waals surface area contributed by atoms with E-state index in [9.17, 15) is 18.0 Å². The number of halogens is 7. The molecule has 0 aliphatic heterocycles. The number of ether oxygens (including phenoxy) is 3. The molecular formula is C21H16B3BrClF5N2O4. The average molecular weight is 603 g/mol. The predicted octanol–water partition coefficient (Wildman–Crippen LogP) is 3.92. The molecule has 0 atom stereocenters. The summed E-state index contributed by atoms with van der Waals surface area (Å²) < 4.78 is 83.5. The lowest BCUT2D eigenvalue weighted by molar-refractivity contribution is -0.275. The summed E-state index contributed by atoms with van der Waals surface area (Å²) in [5, 5.41) is 1.03. The Kier molecular flexibility index (Phi) is 8.38. The fourth-order valence-corrected chi connectivity index (χ4v) is 3.46. The molecule has 6 nitrogen and oxygen atoms in total. The first-order chi connectivity index (χ1) is 17.1. The minimum absolute atomic E-state index is 0.300. The monoisotopic (exact) mass is 602 g/mol. The molecule has 0 radical (unpaired) electrons. The number of anilines is 1. The first-order valence-electron chi connectivity index (χ1n) is 10.4. The van der Waals surface area contributed by atoms with Crippen molar-refractivity contribution >= 4 is 62.7 Å². The highest BCUT2D eigenvalue weighted by atomic mass is 79.9.